The maximum absolute atomic E-state index is 13.4. The number of carbonyl (C=O) groups excluding carboxylic acids is 2. The highest BCUT2D eigenvalue weighted by Crippen LogP contribution is 2.35. The minimum absolute atomic E-state index is 0.00833. The van der Waals surface area contributed by atoms with Crippen LogP contribution < -0.4 is 0 Å². The van der Waals surface area contributed by atoms with Crippen molar-refractivity contribution in [1.29, 1.82) is 0 Å². The Kier molecular flexibility index (Phi) is 7.42. The molecule has 0 saturated carbocycles. The molecule has 2 aliphatic heterocycles. The number of carbonyl (C=O) groups is 2. The minimum Gasteiger partial charge on any atom is -0.379 e. The number of H-pyrrole nitrogens is 1. The quantitative estimate of drug-likeness (QED) is 0.298. The van der Waals surface area contributed by atoms with E-state index < -0.39 is 0 Å². The predicted molar refractivity (Wildman–Crippen MR) is 148 cm³/mol. The minimum atomic E-state index is -0.106. The van der Waals surface area contributed by atoms with Gasteiger partial charge < -0.3 is 14.2 Å². The molecule has 0 unspecified atom stereocenters. The fourth-order valence-corrected chi connectivity index (χ4v) is 6.18. The predicted octanol–water partition coefficient (Wildman–Crippen LogP) is 5.33. The number of rotatable bonds is 8. The van der Waals surface area contributed by atoms with Gasteiger partial charge in [0, 0.05) is 54.6 Å². The number of nitrogens with zero attached hydrogens (tertiary/aromatic N) is 4. The van der Waals surface area contributed by atoms with Crippen molar-refractivity contribution < 1.29 is 14.3 Å². The van der Waals surface area contributed by atoms with E-state index in [1.165, 1.54) is 6.08 Å². The highest BCUT2D eigenvalue weighted by molar-refractivity contribution is 6.32. The van der Waals surface area contributed by atoms with Gasteiger partial charge in [-0.3, -0.25) is 14.7 Å². The first kappa shape index (κ1) is 26.9. The second kappa shape index (κ2) is 10.5. The molecule has 2 saturated heterocycles. The average molecular weight is 559 g/mol. The lowest BCUT2D eigenvalue weighted by molar-refractivity contribution is -0.132. The van der Waals surface area contributed by atoms with E-state index in [1.807, 2.05) is 10.6 Å². The standard InChI is InChI=1S/C28H33Cl2N5O3/c1-5-25(37)34-13-16(14-34)10-23(36)26-27(30)31-24(35(26)17-8-9-38-15-17)7-6-21-18-11-19(28(2,3)4)20(29)12-22(18)33-32-21/h5,11-12,16-17H,1,6-10,13-15H2,2-4H3,(H,32,33)/t17-/m1/s1. The van der Waals surface area contributed by atoms with Crippen molar-refractivity contribution >= 4 is 45.8 Å². The number of hydrogen-bond donors (Lipinski definition) is 1. The van der Waals surface area contributed by atoms with Crippen molar-refractivity contribution in [2.24, 2.45) is 5.92 Å². The number of likely N-dealkylation sites (tertiary alicyclic amines) is 1. The van der Waals surface area contributed by atoms with Crippen LogP contribution in [0.5, 0.6) is 0 Å². The molecule has 8 nitrogen and oxygen atoms in total. The number of amides is 1. The molecule has 0 aliphatic carbocycles. The molecular formula is C28H33Cl2N5O3. The third-order valence-electron chi connectivity index (χ3n) is 7.52. The van der Waals surface area contributed by atoms with Crippen LogP contribution in [0.1, 0.15) is 67.2 Å². The molecule has 10 heteroatoms. The van der Waals surface area contributed by atoms with Crippen LogP contribution in [-0.4, -0.2) is 62.6 Å². The van der Waals surface area contributed by atoms with Gasteiger partial charge in [0.1, 0.15) is 11.5 Å². The fraction of sp³-hybridized carbons (Fsp3) is 0.500. The van der Waals surface area contributed by atoms with Gasteiger partial charge in [0.25, 0.3) is 0 Å². The number of ether oxygens (including phenoxy) is 1. The Morgan fingerprint density at radius 3 is 2.66 bits per heavy atom. The lowest BCUT2D eigenvalue weighted by Crippen LogP contribution is -2.50. The van der Waals surface area contributed by atoms with Crippen molar-refractivity contribution in [2.75, 3.05) is 26.3 Å². The van der Waals surface area contributed by atoms with E-state index in [2.05, 4.69) is 48.6 Å². The molecule has 1 N–H and O–H groups in total. The summed E-state index contributed by atoms with van der Waals surface area (Å²) in [7, 11) is 0. The average Bonchev–Trinajstić information content (AvgIpc) is 3.56. The topological polar surface area (TPSA) is 93.1 Å². The SMILES string of the molecule is C=CC(=O)N1CC(CC(=O)c2c(Cl)nc(CCc3[nH]nc4cc(Cl)c(C(C)(C)C)cc34)n2[C@@H]2CCOC2)C1. The molecule has 2 aromatic heterocycles. The van der Waals surface area contributed by atoms with E-state index in [0.29, 0.717) is 56.3 Å². The molecule has 2 fully saturated rings. The molecule has 38 heavy (non-hydrogen) atoms. The van der Waals surface area contributed by atoms with Crippen molar-refractivity contribution in [3.63, 3.8) is 0 Å². The molecule has 0 radical (unpaired) electrons. The monoisotopic (exact) mass is 557 g/mol. The zero-order valence-electron chi connectivity index (χ0n) is 22.0. The second-order valence-electron chi connectivity index (χ2n) is 11.3. The van der Waals surface area contributed by atoms with Crippen molar-refractivity contribution in [2.45, 2.75) is 57.9 Å². The molecular weight excluding hydrogens is 525 g/mol. The summed E-state index contributed by atoms with van der Waals surface area (Å²) in [6.07, 6.45) is 3.65. The van der Waals surface area contributed by atoms with Gasteiger partial charge in [-0.25, -0.2) is 4.98 Å². The van der Waals surface area contributed by atoms with Crippen LogP contribution in [0.15, 0.2) is 24.8 Å². The number of aryl methyl sites for hydroxylation is 2. The number of nitrogens with one attached hydrogen (secondary N) is 1. The van der Waals surface area contributed by atoms with Gasteiger partial charge >= 0.3 is 0 Å². The van der Waals surface area contributed by atoms with Gasteiger partial charge in [-0.2, -0.15) is 5.10 Å². The van der Waals surface area contributed by atoms with Crippen LogP contribution in [-0.2, 0) is 27.8 Å². The summed E-state index contributed by atoms with van der Waals surface area (Å²) in [4.78, 5) is 31.6. The third-order valence-corrected chi connectivity index (χ3v) is 8.10. The van der Waals surface area contributed by atoms with Gasteiger partial charge in [-0.05, 0) is 42.0 Å². The normalized spacial score (nSPS) is 18.2. The summed E-state index contributed by atoms with van der Waals surface area (Å²) in [6, 6.07) is 4.04. The molecule has 5 rings (SSSR count). The molecule has 202 valence electrons. The van der Waals surface area contributed by atoms with Crippen LogP contribution >= 0.6 is 23.2 Å². The first-order valence-corrected chi connectivity index (χ1v) is 13.8. The number of aromatic amines is 1. The van der Waals surface area contributed by atoms with Crippen LogP contribution in [0.2, 0.25) is 10.2 Å². The number of hydrogen-bond acceptors (Lipinski definition) is 5. The van der Waals surface area contributed by atoms with Crippen molar-refractivity contribution in [3.05, 3.63) is 57.7 Å². The van der Waals surface area contributed by atoms with Gasteiger partial charge in [-0.15, -0.1) is 0 Å². The first-order valence-electron chi connectivity index (χ1n) is 13.0. The Bertz CT molecular complexity index is 1390. The van der Waals surface area contributed by atoms with Crippen LogP contribution in [0.3, 0.4) is 0 Å². The van der Waals surface area contributed by atoms with Gasteiger partial charge in [0.2, 0.25) is 5.91 Å². The third kappa shape index (κ3) is 5.14. The summed E-state index contributed by atoms with van der Waals surface area (Å²) < 4.78 is 7.65. The van der Waals surface area contributed by atoms with E-state index in [4.69, 9.17) is 27.9 Å². The zero-order valence-corrected chi connectivity index (χ0v) is 23.5. The summed E-state index contributed by atoms with van der Waals surface area (Å²) in [5, 5.41) is 9.61. The lowest BCUT2D eigenvalue weighted by atomic mass is 9.86. The number of aromatic nitrogens is 4. The molecule has 0 bridgehead atoms. The first-order chi connectivity index (χ1) is 18.1. The van der Waals surface area contributed by atoms with Crippen LogP contribution in [0.4, 0.5) is 0 Å². The van der Waals surface area contributed by atoms with E-state index in [1.54, 1.807) is 4.90 Å². The Morgan fingerprint density at radius 1 is 1.24 bits per heavy atom. The number of Topliss-reactive ketones (excluding diaryl/α,β-unsaturated/α-hetero) is 1. The molecule has 1 atom stereocenters. The summed E-state index contributed by atoms with van der Waals surface area (Å²) in [6.45, 7) is 12.2. The summed E-state index contributed by atoms with van der Waals surface area (Å²) in [5.41, 5.74) is 3.23. The van der Waals surface area contributed by atoms with E-state index in [9.17, 15) is 9.59 Å². The molecule has 1 amide bonds. The lowest BCUT2D eigenvalue weighted by Gasteiger charge is -2.38. The molecule has 4 heterocycles. The highest BCUT2D eigenvalue weighted by atomic mass is 35.5. The Labute approximate surface area is 232 Å². The van der Waals surface area contributed by atoms with Gasteiger partial charge in [0.15, 0.2) is 10.9 Å². The Morgan fingerprint density at radius 2 is 2.00 bits per heavy atom. The second-order valence-corrected chi connectivity index (χ2v) is 12.1. The fourth-order valence-electron chi connectivity index (χ4n) is 5.45. The maximum atomic E-state index is 13.4. The number of ketones is 1. The highest BCUT2D eigenvalue weighted by Gasteiger charge is 2.35. The molecule has 0 spiro atoms. The van der Waals surface area contributed by atoms with Crippen LogP contribution in [0.25, 0.3) is 10.9 Å². The molecule has 3 aromatic rings. The number of imidazole rings is 1. The number of benzene rings is 1. The largest absolute Gasteiger partial charge is 0.379 e. The molecule has 1 aromatic carbocycles. The summed E-state index contributed by atoms with van der Waals surface area (Å²) in [5.74, 6) is 0.714. The van der Waals surface area contributed by atoms with Crippen LogP contribution in [0, 0.1) is 5.92 Å². The number of fused-ring (bicyclic) bond motifs is 1. The van der Waals surface area contributed by atoms with Gasteiger partial charge in [0.05, 0.1) is 18.2 Å². The smallest absolute Gasteiger partial charge is 0.245 e. The van der Waals surface area contributed by atoms with Crippen molar-refractivity contribution in [3.8, 4) is 0 Å². The zero-order chi connectivity index (χ0) is 27.2. The van der Waals surface area contributed by atoms with Gasteiger partial charge in [-0.1, -0.05) is 50.6 Å². The Balaban J connectivity index is 1.39. The molecule has 2 aliphatic rings. The number of halogens is 2. The van der Waals surface area contributed by atoms with E-state index in [-0.39, 0.29) is 34.2 Å². The summed E-state index contributed by atoms with van der Waals surface area (Å²) >= 11 is 13.2. The van der Waals surface area contributed by atoms with Crippen molar-refractivity contribution in [1.82, 2.24) is 24.6 Å². The Hall–Kier alpha value is -2.68. The maximum Gasteiger partial charge on any atom is 0.245 e. The van der Waals surface area contributed by atoms with E-state index in [0.717, 1.165) is 34.4 Å². The van der Waals surface area contributed by atoms with E-state index >= 15 is 0 Å².